The number of rotatable bonds is 5. The van der Waals surface area contributed by atoms with E-state index in [2.05, 4.69) is 54.6 Å². The van der Waals surface area contributed by atoms with Crippen LogP contribution in [0.25, 0.3) is 0 Å². The maximum Gasteiger partial charge on any atom is 0.0465 e. The van der Waals surface area contributed by atoms with Crippen LogP contribution in [-0.4, -0.2) is 11.7 Å². The van der Waals surface area contributed by atoms with E-state index in [1.165, 1.54) is 17.5 Å². The topological polar surface area (TPSA) is 20.2 Å². The maximum absolute atomic E-state index is 9.66. The zero-order valence-electron chi connectivity index (χ0n) is 11.1. The Labute approximate surface area is 114 Å². The van der Waals surface area contributed by atoms with Crippen LogP contribution in [0.5, 0.6) is 0 Å². The van der Waals surface area contributed by atoms with Gasteiger partial charge in [0.15, 0.2) is 0 Å². The standard InChI is InChI=1S/C18H20O/c19-13-16(11-14-7-3-1-4-8-14)18-12-17(18)15-9-5-2-6-10-15/h1-10,16-19H,11-13H2. The molecule has 1 N–H and O–H groups in total. The highest BCUT2D eigenvalue weighted by Crippen LogP contribution is 2.52. The zero-order valence-corrected chi connectivity index (χ0v) is 11.1. The molecule has 1 aliphatic carbocycles. The van der Waals surface area contributed by atoms with E-state index in [1.54, 1.807) is 0 Å². The molecule has 0 amide bonds. The van der Waals surface area contributed by atoms with Crippen LogP contribution < -0.4 is 0 Å². The van der Waals surface area contributed by atoms with Crippen molar-refractivity contribution in [3.05, 3.63) is 71.8 Å². The molecular weight excluding hydrogens is 232 g/mol. The van der Waals surface area contributed by atoms with Crippen molar-refractivity contribution in [3.8, 4) is 0 Å². The fraction of sp³-hybridized carbons (Fsp3) is 0.333. The Balaban J connectivity index is 1.65. The summed E-state index contributed by atoms with van der Waals surface area (Å²) >= 11 is 0. The molecule has 1 saturated carbocycles. The van der Waals surface area contributed by atoms with Crippen LogP contribution in [0, 0.1) is 11.8 Å². The first kappa shape index (κ1) is 12.4. The minimum absolute atomic E-state index is 0.295. The van der Waals surface area contributed by atoms with Crippen molar-refractivity contribution in [1.82, 2.24) is 0 Å². The lowest BCUT2D eigenvalue weighted by atomic mass is 9.93. The second kappa shape index (κ2) is 5.58. The number of hydrogen-bond acceptors (Lipinski definition) is 1. The number of aliphatic hydroxyl groups excluding tert-OH is 1. The second-order valence-electron chi connectivity index (χ2n) is 5.55. The smallest absolute Gasteiger partial charge is 0.0465 e. The molecule has 3 rings (SSSR count). The molecule has 0 aromatic heterocycles. The summed E-state index contributed by atoms with van der Waals surface area (Å²) in [6.45, 7) is 0.295. The molecule has 98 valence electrons. The average molecular weight is 252 g/mol. The van der Waals surface area contributed by atoms with Crippen molar-refractivity contribution < 1.29 is 5.11 Å². The highest BCUT2D eigenvalue weighted by Gasteiger charge is 2.43. The van der Waals surface area contributed by atoms with Gasteiger partial charge in [0.05, 0.1) is 0 Å². The van der Waals surface area contributed by atoms with Crippen LogP contribution in [0.15, 0.2) is 60.7 Å². The van der Waals surface area contributed by atoms with E-state index in [9.17, 15) is 5.11 Å². The Bertz CT molecular complexity index is 506. The highest BCUT2D eigenvalue weighted by molar-refractivity contribution is 5.27. The zero-order chi connectivity index (χ0) is 13.1. The minimum atomic E-state index is 0.295. The Hall–Kier alpha value is -1.60. The van der Waals surface area contributed by atoms with Crippen LogP contribution >= 0.6 is 0 Å². The van der Waals surface area contributed by atoms with Gasteiger partial charge >= 0.3 is 0 Å². The third kappa shape index (κ3) is 2.87. The van der Waals surface area contributed by atoms with E-state index < -0.39 is 0 Å². The Kier molecular flexibility index (Phi) is 3.65. The summed E-state index contributed by atoms with van der Waals surface area (Å²) in [6.07, 6.45) is 2.22. The van der Waals surface area contributed by atoms with Gasteiger partial charge in [0, 0.05) is 6.61 Å². The molecule has 3 unspecified atom stereocenters. The molecule has 0 spiro atoms. The van der Waals surface area contributed by atoms with Gasteiger partial charge in [-0.25, -0.2) is 0 Å². The van der Waals surface area contributed by atoms with Crippen molar-refractivity contribution in [2.75, 3.05) is 6.61 Å². The molecule has 0 aliphatic heterocycles. The molecular formula is C18H20O. The van der Waals surface area contributed by atoms with Gasteiger partial charge in [-0.3, -0.25) is 0 Å². The summed E-state index contributed by atoms with van der Waals surface area (Å²) in [7, 11) is 0. The number of benzene rings is 2. The lowest BCUT2D eigenvalue weighted by molar-refractivity contribution is 0.207. The lowest BCUT2D eigenvalue weighted by Gasteiger charge is -2.14. The van der Waals surface area contributed by atoms with E-state index in [1.807, 2.05) is 6.07 Å². The van der Waals surface area contributed by atoms with E-state index in [0.29, 0.717) is 24.4 Å². The van der Waals surface area contributed by atoms with Gasteiger partial charge in [0.25, 0.3) is 0 Å². The van der Waals surface area contributed by atoms with Crippen molar-refractivity contribution in [2.45, 2.75) is 18.8 Å². The van der Waals surface area contributed by atoms with Crippen LogP contribution in [0.4, 0.5) is 0 Å². The first-order valence-corrected chi connectivity index (χ1v) is 7.08. The van der Waals surface area contributed by atoms with Crippen LogP contribution in [-0.2, 0) is 6.42 Å². The van der Waals surface area contributed by atoms with Gasteiger partial charge in [0.2, 0.25) is 0 Å². The molecule has 3 atom stereocenters. The van der Waals surface area contributed by atoms with Crippen molar-refractivity contribution in [3.63, 3.8) is 0 Å². The average Bonchev–Trinajstić information content (AvgIpc) is 3.27. The maximum atomic E-state index is 9.66. The summed E-state index contributed by atoms with van der Waals surface area (Å²) in [6, 6.07) is 21.2. The lowest BCUT2D eigenvalue weighted by Crippen LogP contribution is -2.13. The quantitative estimate of drug-likeness (QED) is 0.861. The van der Waals surface area contributed by atoms with E-state index in [-0.39, 0.29) is 0 Å². The summed E-state index contributed by atoms with van der Waals surface area (Å²) in [5.41, 5.74) is 2.76. The van der Waals surface area contributed by atoms with Crippen molar-refractivity contribution in [2.24, 2.45) is 11.8 Å². The Morgan fingerprint density at radius 3 is 2.21 bits per heavy atom. The van der Waals surface area contributed by atoms with Crippen LogP contribution in [0.1, 0.15) is 23.5 Å². The minimum Gasteiger partial charge on any atom is -0.396 e. The Morgan fingerprint density at radius 1 is 0.947 bits per heavy atom. The third-order valence-corrected chi connectivity index (χ3v) is 4.25. The van der Waals surface area contributed by atoms with Crippen LogP contribution in [0.2, 0.25) is 0 Å². The van der Waals surface area contributed by atoms with E-state index in [4.69, 9.17) is 0 Å². The molecule has 0 heterocycles. The molecule has 0 bridgehead atoms. The van der Waals surface area contributed by atoms with Gasteiger partial charge < -0.3 is 5.11 Å². The molecule has 2 aromatic carbocycles. The van der Waals surface area contributed by atoms with Crippen molar-refractivity contribution >= 4 is 0 Å². The molecule has 1 nitrogen and oxygen atoms in total. The Morgan fingerprint density at radius 2 is 1.58 bits per heavy atom. The van der Waals surface area contributed by atoms with E-state index >= 15 is 0 Å². The van der Waals surface area contributed by atoms with Crippen molar-refractivity contribution in [1.29, 1.82) is 0 Å². The first-order valence-electron chi connectivity index (χ1n) is 7.08. The fourth-order valence-corrected chi connectivity index (χ4v) is 3.09. The summed E-state index contributed by atoms with van der Waals surface area (Å²) in [4.78, 5) is 0. The molecule has 1 heteroatoms. The highest BCUT2D eigenvalue weighted by atomic mass is 16.3. The monoisotopic (exact) mass is 252 g/mol. The van der Waals surface area contributed by atoms with Gasteiger partial charge in [0.1, 0.15) is 0 Å². The molecule has 0 saturated heterocycles. The predicted molar refractivity (Wildman–Crippen MR) is 78.0 cm³/mol. The predicted octanol–water partition coefficient (Wildman–Crippen LogP) is 3.64. The number of aliphatic hydroxyl groups is 1. The normalized spacial score (nSPS) is 23.0. The fourth-order valence-electron chi connectivity index (χ4n) is 3.09. The van der Waals surface area contributed by atoms with E-state index in [0.717, 1.165) is 6.42 Å². The summed E-state index contributed by atoms with van der Waals surface area (Å²) in [5.74, 6) is 1.70. The molecule has 1 aliphatic rings. The third-order valence-electron chi connectivity index (χ3n) is 4.25. The SMILES string of the molecule is OCC(Cc1ccccc1)C1CC1c1ccccc1. The second-order valence-corrected chi connectivity index (χ2v) is 5.55. The molecule has 19 heavy (non-hydrogen) atoms. The van der Waals surface area contributed by atoms with Gasteiger partial charge in [-0.1, -0.05) is 60.7 Å². The van der Waals surface area contributed by atoms with Gasteiger partial charge in [-0.15, -0.1) is 0 Å². The largest absolute Gasteiger partial charge is 0.396 e. The van der Waals surface area contributed by atoms with Gasteiger partial charge in [-0.05, 0) is 41.7 Å². The molecule has 2 aromatic rings. The number of hydrogen-bond donors (Lipinski definition) is 1. The summed E-state index contributed by atoms with van der Waals surface area (Å²) in [5, 5.41) is 9.66. The first-order chi connectivity index (χ1) is 9.38. The molecule has 0 radical (unpaired) electrons. The van der Waals surface area contributed by atoms with Crippen LogP contribution in [0.3, 0.4) is 0 Å². The molecule has 1 fully saturated rings. The summed E-state index contributed by atoms with van der Waals surface area (Å²) < 4.78 is 0. The van der Waals surface area contributed by atoms with Gasteiger partial charge in [-0.2, -0.15) is 0 Å².